The largest absolute Gasteiger partial charge is 0.481 e. The summed E-state index contributed by atoms with van der Waals surface area (Å²) in [7, 11) is 0. The van der Waals surface area contributed by atoms with Gasteiger partial charge in [0.05, 0.1) is 18.9 Å². The Labute approximate surface area is 385 Å². The minimum absolute atomic E-state index is 0.0840. The number of carbonyl (C=O) groups excluding carboxylic acids is 9. The van der Waals surface area contributed by atoms with Crippen LogP contribution >= 0.6 is 0 Å². The number of nitrogens with two attached hydrogens (primary N) is 1. The van der Waals surface area contributed by atoms with E-state index in [9.17, 15) is 57.8 Å². The van der Waals surface area contributed by atoms with Crippen molar-refractivity contribution < 1.29 is 63.0 Å². The van der Waals surface area contributed by atoms with E-state index >= 15 is 0 Å². The minimum Gasteiger partial charge on any atom is -0.481 e. The van der Waals surface area contributed by atoms with Gasteiger partial charge in [-0.2, -0.15) is 0 Å². The number of nitrogens with one attached hydrogen (secondary N) is 7. The average Bonchev–Trinajstić information content (AvgIpc) is 3.21. The van der Waals surface area contributed by atoms with Gasteiger partial charge < -0.3 is 53.2 Å². The zero-order chi connectivity index (χ0) is 50.3. The molecule has 1 aromatic rings. The molecule has 0 aliphatic rings. The fourth-order valence-corrected chi connectivity index (χ4v) is 6.69. The van der Waals surface area contributed by atoms with E-state index in [2.05, 4.69) is 37.2 Å². The van der Waals surface area contributed by atoms with Crippen molar-refractivity contribution in [2.24, 2.45) is 17.1 Å². The van der Waals surface area contributed by atoms with E-state index in [1.54, 1.807) is 65.8 Å². The van der Waals surface area contributed by atoms with Crippen LogP contribution in [-0.4, -0.2) is 118 Å². The fraction of sp³-hybridized carbons (Fsp3) is 0.622. The first-order valence-electron chi connectivity index (χ1n) is 22.1. The maximum Gasteiger partial charge on any atom is 0.305 e. The Balaban J connectivity index is 3.63. The molecule has 21 nitrogen and oxygen atoms in total. The van der Waals surface area contributed by atoms with Crippen molar-refractivity contribution in [2.75, 3.05) is 6.54 Å². The van der Waals surface area contributed by atoms with E-state index in [4.69, 9.17) is 10.8 Å². The molecule has 0 saturated carbocycles. The van der Waals surface area contributed by atoms with Crippen LogP contribution in [0, 0.1) is 18.3 Å². The van der Waals surface area contributed by atoms with Gasteiger partial charge >= 0.3 is 11.9 Å². The summed E-state index contributed by atoms with van der Waals surface area (Å²) in [6.07, 6.45) is -0.296. The van der Waals surface area contributed by atoms with Gasteiger partial charge in [-0.3, -0.25) is 52.7 Å². The Bertz CT molecular complexity index is 1900. The smallest absolute Gasteiger partial charge is 0.305 e. The fourth-order valence-electron chi connectivity index (χ4n) is 6.69. The summed E-state index contributed by atoms with van der Waals surface area (Å²) >= 11 is 0. The average molecular weight is 931 g/mol. The van der Waals surface area contributed by atoms with Crippen molar-refractivity contribution in [3.05, 3.63) is 35.4 Å². The zero-order valence-electron chi connectivity index (χ0n) is 39.3. The molecule has 21 heteroatoms. The quantitative estimate of drug-likeness (QED) is 0.0370. The number of carboxylic acids is 2. The monoisotopic (exact) mass is 931 g/mol. The number of hydrogen-bond acceptors (Lipinski definition) is 11. The van der Waals surface area contributed by atoms with Crippen LogP contribution in [0.3, 0.4) is 0 Å². The molecular formula is C45H70N8O13. The standard InChI is InChI=1S/C45H70N8O13/c1-9-10-17-29(37(60)39(46)61)49-41(63)31(22-25(2)3)52-44(66)38(45(6,7)8)53-43(65)32(23-28-16-12-11-15-26(28)4)51-40(62)30(18-13-14-21-47-27(5)54)50-42(64)33(24-36(58)59)48-34(55)19-20-35(56)57/h11-12,15-16,25,29-33,38H,9-10,13-14,17-24H2,1-8H3,(H2,46,61)(H,47,54)(H,48,55)(H,49,63)(H,50,64)(H,51,62)(H,52,66)(H,53,65)(H,56,57)(H,58,59)/t29-,30-,31-,32-,33-,38+/m0/s1. The van der Waals surface area contributed by atoms with Gasteiger partial charge in [-0.25, -0.2) is 0 Å². The van der Waals surface area contributed by atoms with Crippen LogP contribution in [-0.2, 0) is 59.2 Å². The third-order valence-corrected chi connectivity index (χ3v) is 10.3. The molecule has 0 aliphatic heterocycles. The summed E-state index contributed by atoms with van der Waals surface area (Å²) < 4.78 is 0. The number of aryl methyl sites for hydroxylation is 1. The highest BCUT2D eigenvalue weighted by molar-refractivity contribution is 6.37. The molecule has 0 radical (unpaired) electrons. The molecule has 1 rings (SSSR count). The normalized spacial score (nSPS) is 13.9. The minimum atomic E-state index is -1.72. The van der Waals surface area contributed by atoms with Gasteiger partial charge in [-0.15, -0.1) is 0 Å². The van der Waals surface area contributed by atoms with Crippen LogP contribution in [0.1, 0.15) is 124 Å². The lowest BCUT2D eigenvalue weighted by Gasteiger charge is -2.34. The maximum atomic E-state index is 14.5. The van der Waals surface area contributed by atoms with E-state index in [1.807, 2.05) is 6.92 Å². The summed E-state index contributed by atoms with van der Waals surface area (Å²) in [5.41, 5.74) is 5.62. The predicted molar refractivity (Wildman–Crippen MR) is 241 cm³/mol. The van der Waals surface area contributed by atoms with E-state index < -0.39 is 120 Å². The highest BCUT2D eigenvalue weighted by Crippen LogP contribution is 2.21. The molecule has 66 heavy (non-hydrogen) atoms. The summed E-state index contributed by atoms with van der Waals surface area (Å²) in [5.74, 6) is -10.7. The third kappa shape index (κ3) is 22.0. The summed E-state index contributed by atoms with van der Waals surface area (Å²) in [5, 5.41) is 36.5. The van der Waals surface area contributed by atoms with Crippen molar-refractivity contribution >= 4 is 65.0 Å². The Morgan fingerprint density at radius 1 is 0.652 bits per heavy atom. The topological polar surface area (TPSA) is 338 Å². The summed E-state index contributed by atoms with van der Waals surface area (Å²) in [6, 6.07) is -1.33. The zero-order valence-corrected chi connectivity index (χ0v) is 39.3. The van der Waals surface area contributed by atoms with Gasteiger partial charge in [0.15, 0.2) is 0 Å². The number of primary amides is 1. The van der Waals surface area contributed by atoms with E-state index in [0.717, 1.165) is 5.56 Å². The number of hydrogen-bond donors (Lipinski definition) is 10. The molecule has 8 amide bonds. The second kappa shape index (κ2) is 28.5. The van der Waals surface area contributed by atoms with Gasteiger partial charge in [-0.05, 0) is 61.5 Å². The first kappa shape index (κ1) is 57.6. The van der Waals surface area contributed by atoms with Gasteiger partial charge in [0.25, 0.3) is 5.91 Å². The lowest BCUT2D eigenvalue weighted by atomic mass is 9.85. The number of rotatable bonds is 30. The number of benzene rings is 1. The summed E-state index contributed by atoms with van der Waals surface area (Å²) in [6.45, 7) is 13.8. The number of carboxylic acid groups (broad SMARTS) is 2. The third-order valence-electron chi connectivity index (χ3n) is 10.3. The van der Waals surface area contributed by atoms with Gasteiger partial charge in [0, 0.05) is 26.3 Å². The van der Waals surface area contributed by atoms with E-state index in [1.165, 1.54) is 6.92 Å². The van der Waals surface area contributed by atoms with Crippen LogP contribution < -0.4 is 43.0 Å². The summed E-state index contributed by atoms with van der Waals surface area (Å²) in [4.78, 5) is 141. The molecule has 11 N–H and O–H groups in total. The van der Waals surface area contributed by atoms with Crippen molar-refractivity contribution in [1.82, 2.24) is 37.2 Å². The van der Waals surface area contributed by atoms with Crippen LogP contribution in [0.25, 0.3) is 0 Å². The molecule has 0 heterocycles. The van der Waals surface area contributed by atoms with Crippen molar-refractivity contribution in [1.29, 1.82) is 0 Å². The first-order chi connectivity index (χ1) is 30.8. The Morgan fingerprint density at radius 3 is 1.74 bits per heavy atom. The highest BCUT2D eigenvalue weighted by Gasteiger charge is 2.38. The molecule has 6 atom stereocenters. The molecule has 0 aromatic heterocycles. The predicted octanol–water partition coefficient (Wildman–Crippen LogP) is 0.429. The molecule has 0 spiro atoms. The lowest BCUT2D eigenvalue weighted by molar-refractivity contribution is -0.142. The molecule has 0 aliphatic carbocycles. The Morgan fingerprint density at radius 2 is 1.20 bits per heavy atom. The molecule has 0 saturated heterocycles. The number of unbranched alkanes of at least 4 members (excludes halogenated alkanes) is 2. The Kier molecular flexibility index (Phi) is 24.9. The number of ketones is 1. The van der Waals surface area contributed by atoms with Crippen LogP contribution in [0.4, 0.5) is 0 Å². The molecule has 1 aromatic carbocycles. The van der Waals surface area contributed by atoms with Crippen LogP contribution in [0.5, 0.6) is 0 Å². The Hall–Kier alpha value is -6.41. The van der Waals surface area contributed by atoms with Crippen molar-refractivity contribution in [3.8, 4) is 0 Å². The van der Waals surface area contributed by atoms with Gasteiger partial charge in [-0.1, -0.05) is 78.6 Å². The van der Waals surface area contributed by atoms with E-state index in [0.29, 0.717) is 24.8 Å². The molecular weight excluding hydrogens is 861 g/mol. The van der Waals surface area contributed by atoms with E-state index in [-0.39, 0.29) is 50.5 Å². The highest BCUT2D eigenvalue weighted by atomic mass is 16.4. The number of amides is 8. The van der Waals surface area contributed by atoms with Crippen LogP contribution in [0.2, 0.25) is 0 Å². The van der Waals surface area contributed by atoms with Crippen molar-refractivity contribution in [2.45, 2.75) is 162 Å². The molecule has 0 unspecified atom stereocenters. The second-order valence-electron chi connectivity index (χ2n) is 17.8. The second-order valence-corrected chi connectivity index (χ2v) is 17.8. The molecule has 0 fully saturated rings. The lowest BCUT2D eigenvalue weighted by Crippen LogP contribution is -2.62. The van der Waals surface area contributed by atoms with Gasteiger partial charge in [0.1, 0.15) is 30.2 Å². The maximum absolute atomic E-state index is 14.5. The van der Waals surface area contributed by atoms with Gasteiger partial charge in [0.2, 0.25) is 47.1 Å². The number of aliphatic carboxylic acids is 2. The number of carbonyl (C=O) groups is 11. The van der Waals surface area contributed by atoms with Crippen LogP contribution in [0.15, 0.2) is 24.3 Å². The molecule has 368 valence electrons. The SMILES string of the molecule is CCCC[C@H](NC(=O)[C@H](CC(C)C)NC(=O)[C@@H](NC(=O)[C@H](Cc1ccccc1C)NC(=O)[C@H](CCCCNC(C)=O)NC(=O)[C@H](CC(=O)O)NC(=O)CCC(=O)O)C(C)(C)C)C(=O)C(N)=O. The van der Waals surface area contributed by atoms with Crippen molar-refractivity contribution in [3.63, 3.8) is 0 Å². The molecule has 0 bridgehead atoms. The number of Topliss-reactive ketones (excluding diaryl/α,β-unsaturated/α-hetero) is 1. The first-order valence-corrected chi connectivity index (χ1v) is 22.1.